The van der Waals surface area contributed by atoms with Crippen LogP contribution in [0.1, 0.15) is 33.1 Å². The molecule has 0 saturated carbocycles. The van der Waals surface area contributed by atoms with Crippen LogP contribution in [0.5, 0.6) is 0 Å². The average molecular weight is 270 g/mol. The Morgan fingerprint density at radius 2 is 2.00 bits per heavy atom. The second-order valence-electron chi connectivity index (χ2n) is 5.45. The van der Waals surface area contributed by atoms with E-state index in [4.69, 9.17) is 4.74 Å². The van der Waals surface area contributed by atoms with Gasteiger partial charge < -0.3 is 9.64 Å². The first kappa shape index (κ1) is 15.8. The number of ether oxygens (including phenoxy) is 1. The molecule has 0 aromatic carbocycles. The van der Waals surface area contributed by atoms with Crippen LogP contribution in [0.3, 0.4) is 0 Å². The van der Waals surface area contributed by atoms with Crippen molar-refractivity contribution in [2.75, 3.05) is 39.1 Å². The molecule has 4 heteroatoms. The van der Waals surface area contributed by atoms with Gasteiger partial charge in [0.15, 0.2) is 0 Å². The maximum atomic E-state index is 9.21. The van der Waals surface area contributed by atoms with Crippen molar-refractivity contribution in [1.82, 2.24) is 4.90 Å². The number of thioether (sulfide) groups is 1. The molecule has 1 heterocycles. The maximum absolute atomic E-state index is 9.21. The van der Waals surface area contributed by atoms with Crippen LogP contribution in [0.4, 0.5) is 0 Å². The number of rotatable bonds is 7. The molecule has 0 atom stereocenters. The molecule has 18 heavy (non-hydrogen) atoms. The molecular weight excluding hydrogens is 244 g/mol. The molecule has 104 valence electrons. The van der Waals surface area contributed by atoms with Crippen molar-refractivity contribution in [1.29, 1.82) is 5.26 Å². The van der Waals surface area contributed by atoms with E-state index in [0.29, 0.717) is 0 Å². The third-order valence-electron chi connectivity index (χ3n) is 3.65. The fraction of sp³-hybridized carbons (Fsp3) is 0.929. The number of piperidine rings is 1. The van der Waals surface area contributed by atoms with E-state index in [9.17, 15) is 5.26 Å². The lowest BCUT2D eigenvalue weighted by molar-refractivity contribution is 0.0881. The lowest BCUT2D eigenvalue weighted by atomic mass is 9.97. The van der Waals surface area contributed by atoms with Crippen LogP contribution in [-0.2, 0) is 4.74 Å². The van der Waals surface area contributed by atoms with Gasteiger partial charge in [-0.3, -0.25) is 0 Å². The van der Waals surface area contributed by atoms with Crippen molar-refractivity contribution in [3.05, 3.63) is 0 Å². The van der Waals surface area contributed by atoms with E-state index in [1.807, 2.05) is 6.26 Å². The summed E-state index contributed by atoms with van der Waals surface area (Å²) in [4.78, 5) is 2.42. The highest BCUT2D eigenvalue weighted by Gasteiger charge is 2.33. The number of hydrogen-bond acceptors (Lipinski definition) is 4. The average Bonchev–Trinajstić information content (AvgIpc) is 2.39. The van der Waals surface area contributed by atoms with Crippen molar-refractivity contribution < 1.29 is 4.74 Å². The Morgan fingerprint density at radius 3 is 2.50 bits per heavy atom. The Morgan fingerprint density at radius 1 is 1.33 bits per heavy atom. The van der Waals surface area contributed by atoms with Crippen LogP contribution in [0.15, 0.2) is 0 Å². The Labute approximate surface area is 116 Å². The molecule has 1 fully saturated rings. The van der Waals surface area contributed by atoms with E-state index >= 15 is 0 Å². The van der Waals surface area contributed by atoms with Gasteiger partial charge in [-0.25, -0.2) is 0 Å². The van der Waals surface area contributed by atoms with Crippen LogP contribution < -0.4 is 0 Å². The molecule has 0 aromatic heterocycles. The molecule has 0 aromatic rings. The minimum absolute atomic E-state index is 0.130. The summed E-state index contributed by atoms with van der Waals surface area (Å²) in [5, 5.41) is 9.21. The number of likely N-dealkylation sites (tertiary alicyclic amines) is 1. The summed E-state index contributed by atoms with van der Waals surface area (Å²) in [6.45, 7) is 9.21. The van der Waals surface area contributed by atoms with Gasteiger partial charge in [0.2, 0.25) is 0 Å². The summed E-state index contributed by atoms with van der Waals surface area (Å²) >= 11 is 1.71. The van der Waals surface area contributed by atoms with E-state index in [1.165, 1.54) is 0 Å². The van der Waals surface area contributed by atoms with Crippen molar-refractivity contribution in [3.8, 4) is 6.07 Å². The lowest BCUT2D eigenvalue weighted by Gasteiger charge is -2.36. The lowest BCUT2D eigenvalue weighted by Crippen LogP contribution is -2.42. The second-order valence-corrected chi connectivity index (χ2v) is 6.64. The molecule has 0 bridgehead atoms. The smallest absolute Gasteiger partial charge is 0.104 e. The summed E-state index contributed by atoms with van der Waals surface area (Å²) in [5.41, 5.74) is 0. The zero-order chi connectivity index (χ0) is 13.4. The van der Waals surface area contributed by atoms with Gasteiger partial charge in [-0.15, -0.1) is 11.8 Å². The second kappa shape index (κ2) is 8.04. The predicted molar refractivity (Wildman–Crippen MR) is 77.8 cm³/mol. The highest BCUT2D eigenvalue weighted by Crippen LogP contribution is 2.33. The van der Waals surface area contributed by atoms with Crippen molar-refractivity contribution in [3.63, 3.8) is 0 Å². The molecule has 0 N–H and O–H groups in total. The fourth-order valence-corrected chi connectivity index (χ4v) is 2.80. The summed E-state index contributed by atoms with van der Waals surface area (Å²) in [6.07, 6.45) is 5.16. The number of hydrogen-bond donors (Lipinski definition) is 0. The molecule has 1 aliphatic rings. The summed E-state index contributed by atoms with van der Waals surface area (Å²) < 4.78 is 5.51. The highest BCUT2D eigenvalue weighted by molar-refractivity contribution is 8.00. The molecule has 0 unspecified atom stereocenters. The minimum Gasteiger partial charge on any atom is -0.380 e. The van der Waals surface area contributed by atoms with Gasteiger partial charge in [0.05, 0.1) is 12.7 Å². The van der Waals surface area contributed by atoms with Gasteiger partial charge in [-0.05, 0) is 31.4 Å². The van der Waals surface area contributed by atoms with Crippen molar-refractivity contribution in [2.45, 2.75) is 37.9 Å². The number of nitriles is 1. The summed E-state index contributed by atoms with van der Waals surface area (Å²) in [7, 11) is 0. The normalized spacial score (nSPS) is 19.9. The van der Waals surface area contributed by atoms with E-state index in [1.54, 1.807) is 11.8 Å². The molecule has 3 nitrogen and oxygen atoms in total. The zero-order valence-electron chi connectivity index (χ0n) is 11.9. The van der Waals surface area contributed by atoms with Gasteiger partial charge in [-0.1, -0.05) is 13.8 Å². The first-order valence-electron chi connectivity index (χ1n) is 6.88. The van der Waals surface area contributed by atoms with Crippen LogP contribution in [0.2, 0.25) is 0 Å². The Balaban J connectivity index is 2.11. The SMILES string of the molecule is CSC1(C#N)CCN(CCOCCC(C)C)CC1. The molecule has 0 radical (unpaired) electrons. The van der Waals surface area contributed by atoms with Gasteiger partial charge in [-0.2, -0.15) is 5.26 Å². The summed E-state index contributed by atoms with van der Waals surface area (Å²) in [6, 6.07) is 2.48. The van der Waals surface area contributed by atoms with Crippen LogP contribution in [-0.4, -0.2) is 48.8 Å². The molecule has 0 aliphatic carbocycles. The van der Waals surface area contributed by atoms with Gasteiger partial charge >= 0.3 is 0 Å². The predicted octanol–water partition coefficient (Wildman–Crippen LogP) is 2.77. The standard InChI is InChI=1S/C14H26N2OS/c1-13(2)4-10-17-11-9-16-7-5-14(12-15,18-3)6-8-16/h13H,4-11H2,1-3H3. The molecule has 1 rings (SSSR count). The quantitative estimate of drug-likeness (QED) is 0.667. The zero-order valence-corrected chi connectivity index (χ0v) is 12.8. The monoisotopic (exact) mass is 270 g/mol. The Kier molecular flexibility index (Phi) is 7.06. The van der Waals surface area contributed by atoms with Gasteiger partial charge in [0, 0.05) is 26.2 Å². The van der Waals surface area contributed by atoms with E-state index < -0.39 is 0 Å². The molecular formula is C14H26N2OS. The highest BCUT2D eigenvalue weighted by atomic mass is 32.2. The largest absolute Gasteiger partial charge is 0.380 e. The molecule has 1 aliphatic heterocycles. The Bertz CT molecular complexity index is 267. The first-order chi connectivity index (χ1) is 8.62. The van der Waals surface area contributed by atoms with Crippen LogP contribution in [0, 0.1) is 17.2 Å². The minimum atomic E-state index is -0.130. The van der Waals surface area contributed by atoms with Crippen LogP contribution in [0.25, 0.3) is 0 Å². The van der Waals surface area contributed by atoms with Gasteiger partial charge in [0.1, 0.15) is 4.75 Å². The third-order valence-corrected chi connectivity index (χ3v) is 4.93. The molecule has 0 amide bonds. The van der Waals surface area contributed by atoms with Crippen LogP contribution >= 0.6 is 11.8 Å². The van der Waals surface area contributed by atoms with E-state index in [0.717, 1.165) is 58.0 Å². The van der Waals surface area contributed by atoms with E-state index in [2.05, 4.69) is 24.8 Å². The van der Waals surface area contributed by atoms with Crippen molar-refractivity contribution in [2.24, 2.45) is 5.92 Å². The topological polar surface area (TPSA) is 36.3 Å². The third kappa shape index (κ3) is 5.17. The summed E-state index contributed by atoms with van der Waals surface area (Å²) in [5.74, 6) is 0.720. The van der Waals surface area contributed by atoms with Crippen molar-refractivity contribution >= 4 is 11.8 Å². The fourth-order valence-electron chi connectivity index (χ4n) is 2.11. The van der Waals surface area contributed by atoms with Gasteiger partial charge in [0.25, 0.3) is 0 Å². The first-order valence-corrected chi connectivity index (χ1v) is 8.11. The maximum Gasteiger partial charge on any atom is 0.104 e. The molecule has 0 spiro atoms. The molecule has 1 saturated heterocycles. The number of nitrogens with zero attached hydrogens (tertiary/aromatic N) is 2. The van der Waals surface area contributed by atoms with E-state index in [-0.39, 0.29) is 4.75 Å². The Hall–Kier alpha value is -0.240.